The van der Waals surface area contributed by atoms with Crippen molar-refractivity contribution in [2.45, 2.75) is 19.8 Å². The molecule has 2 nitrogen and oxygen atoms in total. The number of thioether (sulfide) groups is 1. The lowest BCUT2D eigenvalue weighted by atomic mass is 10.00. The SMILES string of the molecule is CC1CCN(C(=S)SCC(=O)c2ccc(F)cc2)CC1. The van der Waals surface area contributed by atoms with E-state index < -0.39 is 0 Å². The zero-order valence-electron chi connectivity index (χ0n) is 11.5. The van der Waals surface area contributed by atoms with Gasteiger partial charge in [0.2, 0.25) is 0 Å². The molecule has 0 unspecified atom stereocenters. The van der Waals surface area contributed by atoms with Crippen molar-refractivity contribution in [3.8, 4) is 0 Å². The minimum absolute atomic E-state index is 0.0114. The lowest BCUT2D eigenvalue weighted by molar-refractivity contribution is 0.102. The Morgan fingerprint density at radius 3 is 2.55 bits per heavy atom. The summed E-state index contributed by atoms with van der Waals surface area (Å²) in [5, 5.41) is 0. The van der Waals surface area contributed by atoms with Crippen LogP contribution in [0.1, 0.15) is 30.1 Å². The zero-order valence-corrected chi connectivity index (χ0v) is 13.1. The van der Waals surface area contributed by atoms with E-state index in [-0.39, 0.29) is 11.6 Å². The molecule has 0 radical (unpaired) electrons. The second-order valence-corrected chi connectivity index (χ2v) is 6.76. The highest BCUT2D eigenvalue weighted by Crippen LogP contribution is 2.20. The third-order valence-corrected chi connectivity index (χ3v) is 5.06. The van der Waals surface area contributed by atoms with Crippen LogP contribution in [0.2, 0.25) is 0 Å². The fourth-order valence-electron chi connectivity index (χ4n) is 2.13. The van der Waals surface area contributed by atoms with Crippen LogP contribution >= 0.6 is 24.0 Å². The minimum Gasteiger partial charge on any atom is -0.357 e. The number of hydrogen-bond acceptors (Lipinski definition) is 3. The molecule has 0 bridgehead atoms. The molecule has 2 rings (SSSR count). The molecule has 108 valence electrons. The standard InChI is InChI=1S/C15H18FNOS2/c1-11-6-8-17(9-7-11)15(19)20-10-14(18)12-2-4-13(16)5-3-12/h2-5,11H,6-10H2,1H3. The number of piperidine rings is 1. The largest absolute Gasteiger partial charge is 0.357 e. The van der Waals surface area contributed by atoms with Gasteiger partial charge in [0.1, 0.15) is 10.1 Å². The molecule has 1 aromatic rings. The molecule has 1 saturated heterocycles. The Balaban J connectivity index is 1.81. The van der Waals surface area contributed by atoms with Gasteiger partial charge in [-0.05, 0) is 43.0 Å². The van der Waals surface area contributed by atoms with Crippen molar-refractivity contribution >= 4 is 34.1 Å². The van der Waals surface area contributed by atoms with Crippen LogP contribution in [0.5, 0.6) is 0 Å². The molecule has 1 aliphatic heterocycles. The highest BCUT2D eigenvalue weighted by Gasteiger charge is 2.19. The van der Waals surface area contributed by atoms with Crippen LogP contribution in [-0.2, 0) is 0 Å². The summed E-state index contributed by atoms with van der Waals surface area (Å²) >= 11 is 6.78. The van der Waals surface area contributed by atoms with Crippen LogP contribution in [-0.4, -0.2) is 33.8 Å². The van der Waals surface area contributed by atoms with Crippen molar-refractivity contribution in [2.24, 2.45) is 5.92 Å². The molecule has 0 amide bonds. The van der Waals surface area contributed by atoms with Crippen LogP contribution in [0, 0.1) is 11.7 Å². The highest BCUT2D eigenvalue weighted by molar-refractivity contribution is 8.23. The Morgan fingerprint density at radius 2 is 1.95 bits per heavy atom. The number of carbonyl (C=O) groups is 1. The average Bonchev–Trinajstić information content (AvgIpc) is 2.46. The number of likely N-dealkylation sites (tertiary alicyclic amines) is 1. The summed E-state index contributed by atoms with van der Waals surface area (Å²) in [5.74, 6) is 0.742. The molecule has 0 saturated carbocycles. The maximum atomic E-state index is 12.8. The second-order valence-electron chi connectivity index (χ2n) is 5.15. The van der Waals surface area contributed by atoms with Gasteiger partial charge in [0.05, 0.1) is 5.75 Å². The number of nitrogens with zero attached hydrogens (tertiary/aromatic N) is 1. The van der Waals surface area contributed by atoms with E-state index in [0.29, 0.717) is 11.3 Å². The van der Waals surface area contributed by atoms with Gasteiger partial charge in [0.15, 0.2) is 5.78 Å². The molecular weight excluding hydrogens is 293 g/mol. The van der Waals surface area contributed by atoms with Gasteiger partial charge < -0.3 is 4.90 Å². The van der Waals surface area contributed by atoms with E-state index in [9.17, 15) is 9.18 Å². The molecule has 1 heterocycles. The summed E-state index contributed by atoms with van der Waals surface area (Å²) in [6.45, 7) is 4.22. The average molecular weight is 311 g/mol. The number of hydrogen-bond donors (Lipinski definition) is 0. The van der Waals surface area contributed by atoms with E-state index in [1.165, 1.54) is 36.0 Å². The van der Waals surface area contributed by atoms with Crippen molar-refractivity contribution in [3.63, 3.8) is 0 Å². The zero-order chi connectivity index (χ0) is 14.5. The Hall–Kier alpha value is -0.940. The lowest BCUT2D eigenvalue weighted by Crippen LogP contribution is -2.35. The molecule has 0 aromatic heterocycles. The summed E-state index contributed by atoms with van der Waals surface area (Å²) < 4.78 is 13.6. The summed E-state index contributed by atoms with van der Waals surface area (Å²) in [4.78, 5) is 14.2. The monoisotopic (exact) mass is 311 g/mol. The van der Waals surface area contributed by atoms with Gasteiger partial charge in [0.25, 0.3) is 0 Å². The Kier molecular flexibility index (Phi) is 5.54. The van der Waals surface area contributed by atoms with Crippen LogP contribution in [0.25, 0.3) is 0 Å². The molecular formula is C15H18FNOS2. The number of carbonyl (C=O) groups excluding carboxylic acids is 1. The highest BCUT2D eigenvalue weighted by atomic mass is 32.2. The van der Waals surface area contributed by atoms with Gasteiger partial charge in [0, 0.05) is 18.7 Å². The second kappa shape index (κ2) is 7.18. The smallest absolute Gasteiger partial charge is 0.173 e. The number of thiocarbonyl (C=S) groups is 1. The first-order valence-electron chi connectivity index (χ1n) is 6.76. The minimum atomic E-state index is -0.327. The van der Waals surface area contributed by atoms with Gasteiger partial charge >= 0.3 is 0 Å². The van der Waals surface area contributed by atoms with Crippen LogP contribution in [0.3, 0.4) is 0 Å². The van der Waals surface area contributed by atoms with Crippen molar-refractivity contribution in [3.05, 3.63) is 35.6 Å². The molecule has 0 spiro atoms. The van der Waals surface area contributed by atoms with Crippen molar-refractivity contribution < 1.29 is 9.18 Å². The number of ketones is 1. The molecule has 20 heavy (non-hydrogen) atoms. The van der Waals surface area contributed by atoms with Crippen molar-refractivity contribution in [2.75, 3.05) is 18.8 Å². The Morgan fingerprint density at radius 1 is 1.35 bits per heavy atom. The summed E-state index contributed by atoms with van der Waals surface area (Å²) in [6.07, 6.45) is 2.32. The predicted octanol–water partition coefficient (Wildman–Crippen LogP) is 3.76. The van der Waals surface area contributed by atoms with Crippen LogP contribution < -0.4 is 0 Å². The van der Waals surface area contributed by atoms with E-state index in [1.807, 2.05) is 0 Å². The topological polar surface area (TPSA) is 20.3 Å². The van der Waals surface area contributed by atoms with Gasteiger partial charge in [-0.1, -0.05) is 30.9 Å². The third kappa shape index (κ3) is 4.28. The summed E-state index contributed by atoms with van der Waals surface area (Å²) in [6, 6.07) is 5.65. The van der Waals surface area contributed by atoms with Crippen molar-refractivity contribution in [1.29, 1.82) is 0 Å². The van der Waals surface area contributed by atoms with E-state index in [2.05, 4.69) is 11.8 Å². The van der Waals surface area contributed by atoms with E-state index in [1.54, 1.807) is 0 Å². The third-order valence-electron chi connectivity index (χ3n) is 3.53. The van der Waals surface area contributed by atoms with Crippen molar-refractivity contribution in [1.82, 2.24) is 4.90 Å². The molecule has 1 aromatic carbocycles. The maximum absolute atomic E-state index is 12.8. The molecule has 0 N–H and O–H groups in total. The quantitative estimate of drug-likeness (QED) is 0.625. The molecule has 0 atom stereocenters. The predicted molar refractivity (Wildman–Crippen MR) is 85.8 cm³/mol. The Labute approximate surface area is 128 Å². The van der Waals surface area contributed by atoms with Gasteiger partial charge in [-0.3, -0.25) is 4.79 Å². The fourth-order valence-corrected chi connectivity index (χ4v) is 3.27. The van der Waals surface area contributed by atoms with Gasteiger partial charge in [-0.15, -0.1) is 0 Å². The lowest BCUT2D eigenvalue weighted by Gasteiger charge is -2.31. The normalized spacial score (nSPS) is 16.2. The first kappa shape index (κ1) is 15.4. The summed E-state index contributed by atoms with van der Waals surface area (Å²) in [5.41, 5.74) is 0.536. The summed E-state index contributed by atoms with van der Waals surface area (Å²) in [7, 11) is 0. The van der Waals surface area contributed by atoms with Crippen LogP contribution in [0.4, 0.5) is 4.39 Å². The van der Waals surface area contributed by atoms with Crippen LogP contribution in [0.15, 0.2) is 24.3 Å². The molecule has 1 aliphatic rings. The maximum Gasteiger partial charge on any atom is 0.173 e. The number of benzene rings is 1. The molecule has 0 aliphatic carbocycles. The first-order valence-corrected chi connectivity index (χ1v) is 8.16. The number of rotatable bonds is 3. The van der Waals surface area contributed by atoms with Gasteiger partial charge in [-0.2, -0.15) is 0 Å². The van der Waals surface area contributed by atoms with Gasteiger partial charge in [-0.25, -0.2) is 4.39 Å². The fraction of sp³-hybridized carbons (Fsp3) is 0.467. The van der Waals surface area contributed by atoms with E-state index in [4.69, 9.17) is 12.2 Å². The molecule has 5 heteroatoms. The first-order chi connectivity index (χ1) is 9.56. The molecule has 1 fully saturated rings. The Bertz CT molecular complexity index is 481. The van der Waals surface area contributed by atoms with E-state index >= 15 is 0 Å². The number of halogens is 1. The van der Waals surface area contributed by atoms with E-state index in [0.717, 1.165) is 36.2 Å². The number of Topliss-reactive ketones (excluding diaryl/α,β-unsaturated/α-hetero) is 1.